The maximum Gasteiger partial charge on any atom is 0.252 e. The Morgan fingerprint density at radius 2 is 2.15 bits per heavy atom. The van der Waals surface area contributed by atoms with Crippen LogP contribution in [0.1, 0.15) is 50.3 Å². The Kier molecular flexibility index (Phi) is 3.71. The van der Waals surface area contributed by atoms with Gasteiger partial charge in [0.2, 0.25) is 5.91 Å². The highest BCUT2D eigenvalue weighted by Crippen LogP contribution is 2.37. The average molecular weight is 276 g/mol. The van der Waals surface area contributed by atoms with Gasteiger partial charge in [0.05, 0.1) is 0 Å². The van der Waals surface area contributed by atoms with E-state index >= 15 is 0 Å². The first-order valence-corrected chi connectivity index (χ1v) is 7.35. The molecule has 0 atom stereocenters. The second-order valence-electron chi connectivity index (χ2n) is 5.66. The molecule has 6 nitrogen and oxygen atoms in total. The first-order chi connectivity index (χ1) is 9.70. The van der Waals surface area contributed by atoms with E-state index in [4.69, 9.17) is 0 Å². The van der Waals surface area contributed by atoms with Gasteiger partial charge in [0.25, 0.3) is 5.56 Å². The number of aromatic amines is 1. The normalized spacial score (nSPS) is 17.8. The predicted octanol–water partition coefficient (Wildman–Crippen LogP) is 1.12. The molecule has 2 aliphatic rings. The molecule has 2 fully saturated rings. The highest BCUT2D eigenvalue weighted by Gasteiger charge is 2.26. The summed E-state index contributed by atoms with van der Waals surface area (Å²) in [6.45, 7) is 0.651. The second-order valence-corrected chi connectivity index (χ2v) is 5.66. The van der Waals surface area contributed by atoms with Gasteiger partial charge in [-0.25, -0.2) is 4.98 Å². The fourth-order valence-corrected chi connectivity index (χ4v) is 2.11. The third kappa shape index (κ3) is 3.82. The minimum absolute atomic E-state index is 0.115. The summed E-state index contributed by atoms with van der Waals surface area (Å²) in [7, 11) is 0. The lowest BCUT2D eigenvalue weighted by atomic mass is 10.3. The molecule has 0 unspecified atom stereocenters. The molecule has 0 spiro atoms. The summed E-state index contributed by atoms with van der Waals surface area (Å²) in [5.74, 6) is 1.94. The fourth-order valence-electron chi connectivity index (χ4n) is 2.11. The molecule has 0 radical (unpaired) electrons. The Morgan fingerprint density at radius 3 is 2.85 bits per heavy atom. The lowest BCUT2D eigenvalue weighted by Crippen LogP contribution is -2.25. The van der Waals surface area contributed by atoms with Crippen molar-refractivity contribution in [3.05, 3.63) is 22.2 Å². The molecule has 1 aromatic rings. The molecule has 2 saturated carbocycles. The molecular formula is C14H20N4O2. The van der Waals surface area contributed by atoms with E-state index in [-0.39, 0.29) is 11.5 Å². The monoisotopic (exact) mass is 276 g/mol. The van der Waals surface area contributed by atoms with Gasteiger partial charge < -0.3 is 15.6 Å². The number of carbonyl (C=O) groups is 1. The highest BCUT2D eigenvalue weighted by molar-refractivity contribution is 5.76. The summed E-state index contributed by atoms with van der Waals surface area (Å²) < 4.78 is 0. The minimum atomic E-state index is -0.115. The summed E-state index contributed by atoms with van der Waals surface area (Å²) in [5.41, 5.74) is -0.115. The van der Waals surface area contributed by atoms with Crippen LogP contribution >= 0.6 is 0 Å². The van der Waals surface area contributed by atoms with Crippen molar-refractivity contribution in [1.29, 1.82) is 0 Å². The van der Waals surface area contributed by atoms with Gasteiger partial charge in [0.15, 0.2) is 0 Å². The molecule has 6 heteroatoms. The highest BCUT2D eigenvalue weighted by atomic mass is 16.1. The third-order valence-corrected chi connectivity index (χ3v) is 3.55. The number of amides is 1. The van der Waals surface area contributed by atoms with E-state index in [2.05, 4.69) is 20.6 Å². The Balaban J connectivity index is 1.43. The maximum absolute atomic E-state index is 11.5. The third-order valence-electron chi connectivity index (χ3n) is 3.55. The number of nitrogens with zero attached hydrogens (tertiary/aromatic N) is 1. The number of anilines is 1. The van der Waals surface area contributed by atoms with E-state index in [1.165, 1.54) is 6.07 Å². The fraction of sp³-hybridized carbons (Fsp3) is 0.643. The molecule has 0 aliphatic heterocycles. The summed E-state index contributed by atoms with van der Waals surface area (Å²) in [6.07, 6.45) is 5.70. The van der Waals surface area contributed by atoms with Gasteiger partial charge in [-0.15, -0.1) is 0 Å². The van der Waals surface area contributed by atoms with Gasteiger partial charge in [-0.05, 0) is 32.1 Å². The number of hydrogen-bond acceptors (Lipinski definition) is 4. The minimum Gasteiger partial charge on any atom is -0.370 e. The van der Waals surface area contributed by atoms with Gasteiger partial charge in [-0.2, -0.15) is 0 Å². The van der Waals surface area contributed by atoms with Crippen molar-refractivity contribution in [2.45, 2.75) is 50.5 Å². The second kappa shape index (κ2) is 5.64. The molecule has 0 saturated heterocycles. The van der Waals surface area contributed by atoms with Crippen LogP contribution in [0.3, 0.4) is 0 Å². The molecule has 3 N–H and O–H groups in total. The largest absolute Gasteiger partial charge is 0.370 e. The zero-order chi connectivity index (χ0) is 13.9. The lowest BCUT2D eigenvalue weighted by Gasteiger charge is -2.07. The van der Waals surface area contributed by atoms with Crippen molar-refractivity contribution in [2.75, 3.05) is 11.9 Å². The van der Waals surface area contributed by atoms with Crippen molar-refractivity contribution < 1.29 is 4.79 Å². The molecular weight excluding hydrogens is 256 g/mol. The van der Waals surface area contributed by atoms with Crippen LogP contribution in [0.25, 0.3) is 0 Å². The van der Waals surface area contributed by atoms with Crippen LogP contribution < -0.4 is 16.2 Å². The topological polar surface area (TPSA) is 86.9 Å². The number of nitrogens with one attached hydrogen (secondary N) is 3. The molecule has 0 aromatic carbocycles. The average Bonchev–Trinajstić information content (AvgIpc) is 3.25. The smallest absolute Gasteiger partial charge is 0.252 e. The van der Waals surface area contributed by atoms with Crippen LogP contribution in [0.15, 0.2) is 10.9 Å². The molecule has 2 aliphatic carbocycles. The number of carbonyl (C=O) groups excluding carboxylic acids is 1. The van der Waals surface area contributed by atoms with E-state index in [1.54, 1.807) is 0 Å². The van der Waals surface area contributed by atoms with Crippen LogP contribution in [-0.2, 0) is 4.79 Å². The molecule has 1 heterocycles. The SMILES string of the molecule is O=C(CCCNc1cc(=O)[nH]c(C2CC2)n1)NC1CC1. The van der Waals surface area contributed by atoms with Crippen LogP contribution in [0.5, 0.6) is 0 Å². The van der Waals surface area contributed by atoms with E-state index in [0.29, 0.717) is 30.7 Å². The van der Waals surface area contributed by atoms with Gasteiger partial charge in [-0.3, -0.25) is 9.59 Å². The summed E-state index contributed by atoms with van der Waals surface area (Å²) in [4.78, 5) is 30.2. The zero-order valence-corrected chi connectivity index (χ0v) is 11.4. The van der Waals surface area contributed by atoms with Crippen LogP contribution in [0, 0.1) is 0 Å². The van der Waals surface area contributed by atoms with E-state index in [9.17, 15) is 9.59 Å². The number of H-pyrrole nitrogens is 1. The predicted molar refractivity (Wildman–Crippen MR) is 75.7 cm³/mol. The first-order valence-electron chi connectivity index (χ1n) is 7.35. The Bertz CT molecular complexity index is 546. The van der Waals surface area contributed by atoms with Crippen LogP contribution in [-0.4, -0.2) is 28.5 Å². The van der Waals surface area contributed by atoms with Gasteiger partial charge in [0.1, 0.15) is 11.6 Å². The van der Waals surface area contributed by atoms with Crippen LogP contribution in [0.2, 0.25) is 0 Å². The number of rotatable bonds is 7. The standard InChI is InChI=1S/C14H20N4O2/c19-12(16-10-5-6-10)2-1-7-15-11-8-13(20)18-14(17-11)9-3-4-9/h8-10H,1-7H2,(H,16,19)(H2,15,17,18,20). The maximum atomic E-state index is 11.5. The molecule has 1 aromatic heterocycles. The Hall–Kier alpha value is -1.85. The van der Waals surface area contributed by atoms with E-state index in [1.807, 2.05) is 0 Å². The zero-order valence-electron chi connectivity index (χ0n) is 11.4. The number of aromatic nitrogens is 2. The number of hydrogen-bond donors (Lipinski definition) is 3. The molecule has 0 bridgehead atoms. The van der Waals surface area contributed by atoms with Crippen molar-refractivity contribution in [2.24, 2.45) is 0 Å². The molecule has 3 rings (SSSR count). The van der Waals surface area contributed by atoms with Crippen molar-refractivity contribution in [3.8, 4) is 0 Å². The van der Waals surface area contributed by atoms with Crippen molar-refractivity contribution >= 4 is 11.7 Å². The summed E-state index contributed by atoms with van der Waals surface area (Å²) in [6, 6.07) is 1.89. The van der Waals surface area contributed by atoms with Crippen LogP contribution in [0.4, 0.5) is 5.82 Å². The summed E-state index contributed by atoms with van der Waals surface area (Å²) in [5, 5.41) is 6.08. The quantitative estimate of drug-likeness (QED) is 0.651. The molecule has 108 valence electrons. The van der Waals surface area contributed by atoms with Gasteiger partial charge >= 0.3 is 0 Å². The van der Waals surface area contributed by atoms with E-state index in [0.717, 1.165) is 37.9 Å². The molecule has 1 amide bonds. The van der Waals surface area contributed by atoms with Gasteiger partial charge in [-0.1, -0.05) is 0 Å². The first kappa shape index (κ1) is 13.1. The Morgan fingerprint density at radius 1 is 1.35 bits per heavy atom. The van der Waals surface area contributed by atoms with Crippen molar-refractivity contribution in [3.63, 3.8) is 0 Å². The lowest BCUT2D eigenvalue weighted by molar-refractivity contribution is -0.121. The summed E-state index contributed by atoms with van der Waals surface area (Å²) >= 11 is 0. The van der Waals surface area contributed by atoms with Gasteiger partial charge in [0, 0.05) is 31.0 Å². The molecule has 20 heavy (non-hydrogen) atoms. The van der Waals surface area contributed by atoms with Crippen molar-refractivity contribution in [1.82, 2.24) is 15.3 Å². The van der Waals surface area contributed by atoms with E-state index < -0.39 is 0 Å². The Labute approximate surface area is 117 Å².